The molecule has 0 aliphatic heterocycles. The van der Waals surface area contributed by atoms with Crippen molar-refractivity contribution in [1.82, 2.24) is 30.3 Å². The van der Waals surface area contributed by atoms with Crippen LogP contribution in [-0.2, 0) is 13.6 Å². The fourth-order valence-corrected chi connectivity index (χ4v) is 2.89. The van der Waals surface area contributed by atoms with Gasteiger partial charge in [-0.3, -0.25) is 9.48 Å². The molecule has 118 valence electrons. The van der Waals surface area contributed by atoms with Crippen molar-refractivity contribution in [2.24, 2.45) is 7.05 Å². The van der Waals surface area contributed by atoms with Gasteiger partial charge in [-0.15, -0.1) is 21.5 Å². The van der Waals surface area contributed by atoms with Gasteiger partial charge in [-0.25, -0.2) is 4.98 Å². The van der Waals surface area contributed by atoms with Gasteiger partial charge in [0.05, 0.1) is 12.2 Å². The minimum atomic E-state index is -0.378. The van der Waals surface area contributed by atoms with Gasteiger partial charge in [-0.05, 0) is 18.9 Å². The Bertz CT molecular complexity index is 847. The predicted octanol–water partition coefficient (Wildman–Crippen LogP) is 1.73. The summed E-state index contributed by atoms with van der Waals surface area (Å²) in [6.07, 6.45) is 3.97. The number of aryl methyl sites for hydroxylation is 1. The predicted molar refractivity (Wildman–Crippen MR) is 81.8 cm³/mol. The first-order chi connectivity index (χ1) is 11.2. The van der Waals surface area contributed by atoms with Gasteiger partial charge in [0, 0.05) is 24.5 Å². The zero-order valence-corrected chi connectivity index (χ0v) is 13.2. The second-order valence-electron chi connectivity index (χ2n) is 5.42. The number of carbonyl (C=O) groups excluding carboxylic acids is 1. The Morgan fingerprint density at radius 3 is 3.09 bits per heavy atom. The Kier molecular flexibility index (Phi) is 3.41. The highest BCUT2D eigenvalue weighted by Crippen LogP contribution is 2.38. The fourth-order valence-electron chi connectivity index (χ4n) is 2.10. The molecular formula is C14H14N6O2S. The molecule has 9 heteroatoms. The van der Waals surface area contributed by atoms with E-state index in [0.717, 1.165) is 29.2 Å². The van der Waals surface area contributed by atoms with E-state index < -0.39 is 0 Å². The molecule has 0 atom stereocenters. The maximum atomic E-state index is 12.0. The summed E-state index contributed by atoms with van der Waals surface area (Å²) in [6.45, 7) is 0.309. The standard InChI is InChI=1S/C14H14N6O2S/c1-20-5-4-10(19-20)14-16-9(7-23-14)6-15-11(21)13-18-17-12(22-13)8-2-3-8/h4-5,7-8H,2-3,6H2,1H3,(H,15,21). The molecule has 0 radical (unpaired) electrons. The summed E-state index contributed by atoms with van der Waals surface area (Å²) >= 11 is 1.49. The van der Waals surface area contributed by atoms with Crippen LogP contribution in [0.25, 0.3) is 10.7 Å². The molecule has 23 heavy (non-hydrogen) atoms. The molecule has 0 bridgehead atoms. The van der Waals surface area contributed by atoms with E-state index in [0.29, 0.717) is 18.4 Å². The van der Waals surface area contributed by atoms with Crippen LogP contribution in [0.3, 0.4) is 0 Å². The molecule has 0 spiro atoms. The number of aromatic nitrogens is 5. The molecule has 3 aromatic heterocycles. The number of hydrogen-bond donors (Lipinski definition) is 1. The zero-order chi connectivity index (χ0) is 15.8. The van der Waals surface area contributed by atoms with Crippen LogP contribution >= 0.6 is 11.3 Å². The van der Waals surface area contributed by atoms with Crippen LogP contribution in [-0.4, -0.2) is 30.9 Å². The molecule has 1 aliphatic rings. The van der Waals surface area contributed by atoms with Crippen molar-refractivity contribution in [3.05, 3.63) is 35.1 Å². The number of rotatable bonds is 5. The van der Waals surface area contributed by atoms with Gasteiger partial charge in [0.15, 0.2) is 0 Å². The summed E-state index contributed by atoms with van der Waals surface area (Å²) < 4.78 is 7.10. The molecule has 1 aliphatic carbocycles. The van der Waals surface area contributed by atoms with Crippen LogP contribution in [0.4, 0.5) is 0 Å². The summed E-state index contributed by atoms with van der Waals surface area (Å²) in [5.41, 5.74) is 1.59. The normalized spacial score (nSPS) is 14.1. The molecular weight excluding hydrogens is 316 g/mol. The Labute approximate surface area is 135 Å². The Morgan fingerprint density at radius 2 is 2.35 bits per heavy atom. The van der Waals surface area contributed by atoms with Crippen molar-refractivity contribution in [3.63, 3.8) is 0 Å². The van der Waals surface area contributed by atoms with Crippen molar-refractivity contribution in [1.29, 1.82) is 0 Å². The number of amides is 1. The van der Waals surface area contributed by atoms with Crippen LogP contribution in [0, 0.1) is 0 Å². The molecule has 0 aromatic carbocycles. The van der Waals surface area contributed by atoms with Crippen molar-refractivity contribution in [3.8, 4) is 10.7 Å². The van der Waals surface area contributed by atoms with Crippen LogP contribution in [0.5, 0.6) is 0 Å². The molecule has 3 heterocycles. The molecule has 1 N–H and O–H groups in total. The minimum absolute atomic E-state index is 0.00655. The van der Waals surface area contributed by atoms with Crippen LogP contribution in [0.2, 0.25) is 0 Å². The van der Waals surface area contributed by atoms with E-state index in [2.05, 4.69) is 25.6 Å². The van der Waals surface area contributed by atoms with Crippen LogP contribution in [0.1, 0.15) is 41.0 Å². The highest BCUT2D eigenvalue weighted by Gasteiger charge is 2.30. The van der Waals surface area contributed by atoms with Crippen LogP contribution in [0.15, 0.2) is 22.1 Å². The largest absolute Gasteiger partial charge is 0.417 e. The fraction of sp³-hybridized carbons (Fsp3) is 0.357. The van der Waals surface area contributed by atoms with Crippen LogP contribution < -0.4 is 5.32 Å². The average Bonchev–Trinajstić information content (AvgIpc) is 2.96. The first-order valence-electron chi connectivity index (χ1n) is 7.25. The van der Waals surface area contributed by atoms with Gasteiger partial charge in [0.1, 0.15) is 10.7 Å². The smallest absolute Gasteiger partial charge is 0.309 e. The first-order valence-corrected chi connectivity index (χ1v) is 8.13. The summed E-state index contributed by atoms with van der Waals surface area (Å²) in [4.78, 5) is 16.5. The van der Waals surface area contributed by atoms with Gasteiger partial charge >= 0.3 is 11.8 Å². The Hall–Kier alpha value is -2.55. The summed E-state index contributed by atoms with van der Waals surface area (Å²) in [5.74, 6) is 0.522. The van der Waals surface area contributed by atoms with Crippen molar-refractivity contribution < 1.29 is 9.21 Å². The molecule has 0 saturated heterocycles. The minimum Gasteiger partial charge on any atom is -0.417 e. The van der Waals surface area contributed by atoms with E-state index >= 15 is 0 Å². The molecule has 0 unspecified atom stereocenters. The Morgan fingerprint density at radius 1 is 1.48 bits per heavy atom. The lowest BCUT2D eigenvalue weighted by Gasteiger charge is -1.98. The molecule has 1 saturated carbocycles. The summed E-state index contributed by atoms with van der Waals surface area (Å²) in [7, 11) is 1.86. The lowest BCUT2D eigenvalue weighted by Crippen LogP contribution is -2.23. The molecule has 1 fully saturated rings. The number of thiazole rings is 1. The number of carbonyl (C=O) groups is 1. The lowest BCUT2D eigenvalue weighted by molar-refractivity contribution is 0.0914. The highest BCUT2D eigenvalue weighted by atomic mass is 32.1. The summed E-state index contributed by atoms with van der Waals surface area (Å²) in [6, 6.07) is 1.90. The van der Waals surface area contributed by atoms with Gasteiger partial charge in [-0.1, -0.05) is 0 Å². The lowest BCUT2D eigenvalue weighted by atomic mass is 10.4. The maximum Gasteiger partial charge on any atom is 0.309 e. The zero-order valence-electron chi connectivity index (χ0n) is 12.4. The van der Waals surface area contributed by atoms with E-state index in [9.17, 15) is 4.79 Å². The van der Waals surface area contributed by atoms with E-state index in [4.69, 9.17) is 4.42 Å². The Balaban J connectivity index is 1.38. The second kappa shape index (κ2) is 5.58. The van der Waals surface area contributed by atoms with Gasteiger partial charge in [0.25, 0.3) is 0 Å². The second-order valence-corrected chi connectivity index (χ2v) is 6.28. The van der Waals surface area contributed by atoms with Crippen molar-refractivity contribution >= 4 is 17.2 Å². The SMILES string of the molecule is Cn1ccc(-c2nc(CNC(=O)c3nnc(C4CC4)o3)cs2)n1. The number of nitrogens with zero attached hydrogens (tertiary/aromatic N) is 5. The van der Waals surface area contributed by atoms with Gasteiger partial charge in [-0.2, -0.15) is 5.10 Å². The third kappa shape index (κ3) is 3.00. The third-order valence-electron chi connectivity index (χ3n) is 3.48. The molecule has 1 amide bonds. The monoisotopic (exact) mass is 330 g/mol. The van der Waals surface area contributed by atoms with E-state index in [1.807, 2.05) is 24.7 Å². The van der Waals surface area contributed by atoms with Gasteiger partial charge in [0.2, 0.25) is 5.89 Å². The molecule has 8 nitrogen and oxygen atoms in total. The molecule has 4 rings (SSSR count). The van der Waals surface area contributed by atoms with E-state index in [-0.39, 0.29) is 11.8 Å². The van der Waals surface area contributed by atoms with Crippen molar-refractivity contribution in [2.75, 3.05) is 0 Å². The third-order valence-corrected chi connectivity index (χ3v) is 4.39. The number of hydrogen-bond acceptors (Lipinski definition) is 7. The first kappa shape index (κ1) is 14.1. The molecule has 3 aromatic rings. The van der Waals surface area contributed by atoms with Gasteiger partial charge < -0.3 is 9.73 Å². The highest BCUT2D eigenvalue weighted by molar-refractivity contribution is 7.13. The van der Waals surface area contributed by atoms with E-state index in [1.165, 1.54) is 11.3 Å². The van der Waals surface area contributed by atoms with Crippen molar-refractivity contribution in [2.45, 2.75) is 25.3 Å². The summed E-state index contributed by atoms with van der Waals surface area (Å²) in [5, 5.41) is 17.5. The van der Waals surface area contributed by atoms with E-state index in [1.54, 1.807) is 4.68 Å². The number of nitrogens with one attached hydrogen (secondary N) is 1. The quantitative estimate of drug-likeness (QED) is 0.765. The average molecular weight is 330 g/mol. The maximum absolute atomic E-state index is 12.0. The topological polar surface area (TPSA) is 98.7 Å².